The molecule has 7 heteroatoms. The van der Waals surface area contributed by atoms with Gasteiger partial charge in [0.2, 0.25) is 0 Å². The van der Waals surface area contributed by atoms with E-state index in [0.717, 1.165) is 5.56 Å². The number of alkyl halides is 2. The highest BCUT2D eigenvalue weighted by Gasteiger charge is 2.31. The van der Waals surface area contributed by atoms with E-state index in [2.05, 4.69) is 31.9 Å². The van der Waals surface area contributed by atoms with E-state index in [-0.39, 0.29) is 17.0 Å². The van der Waals surface area contributed by atoms with Crippen molar-refractivity contribution >= 4 is 54.9 Å². The highest BCUT2D eigenvalue weighted by atomic mass is 79.9. The van der Waals surface area contributed by atoms with E-state index in [0.29, 0.717) is 5.02 Å². The van der Waals surface area contributed by atoms with E-state index in [1.807, 2.05) is 6.07 Å². The molecule has 2 atom stereocenters. The maximum atomic E-state index is 12.6. The fourth-order valence-corrected chi connectivity index (χ4v) is 3.53. The molecule has 2 aromatic rings. The quantitative estimate of drug-likeness (QED) is 0.269. The van der Waals surface area contributed by atoms with Crippen LogP contribution in [0.5, 0.6) is 0 Å². The molecule has 22 heavy (non-hydrogen) atoms. The second kappa shape index (κ2) is 7.35. The van der Waals surface area contributed by atoms with E-state index in [1.165, 1.54) is 18.2 Å². The van der Waals surface area contributed by atoms with Gasteiger partial charge in [-0.1, -0.05) is 73.8 Å². The van der Waals surface area contributed by atoms with Crippen LogP contribution in [0.3, 0.4) is 0 Å². The van der Waals surface area contributed by atoms with Crippen LogP contribution in [0.4, 0.5) is 5.69 Å². The Hall–Kier alpha value is -1.24. The molecule has 2 rings (SSSR count). The molecule has 2 unspecified atom stereocenters. The molecule has 0 amide bonds. The molecule has 0 saturated heterocycles. The van der Waals surface area contributed by atoms with Crippen LogP contribution in [-0.4, -0.2) is 15.5 Å². The number of nitrogens with zero attached hydrogens (tertiary/aromatic N) is 1. The molecule has 0 saturated carbocycles. The molecule has 0 heterocycles. The fraction of sp³-hybridized carbons (Fsp3) is 0.133. The number of carbonyl (C=O) groups is 1. The zero-order valence-electron chi connectivity index (χ0n) is 11.1. The third-order valence-electron chi connectivity index (χ3n) is 3.08. The average Bonchev–Trinajstić information content (AvgIpc) is 2.53. The van der Waals surface area contributed by atoms with Gasteiger partial charge >= 0.3 is 0 Å². The SMILES string of the molecule is O=C(c1ccccc1[N+](=O)[O-])C(Br)C(Br)c1ccccc1Cl. The van der Waals surface area contributed by atoms with E-state index >= 15 is 0 Å². The summed E-state index contributed by atoms with van der Waals surface area (Å²) in [6.45, 7) is 0. The van der Waals surface area contributed by atoms with Crippen LogP contribution in [-0.2, 0) is 0 Å². The summed E-state index contributed by atoms with van der Waals surface area (Å²) < 4.78 is 0. The Morgan fingerprint density at radius 2 is 1.68 bits per heavy atom. The summed E-state index contributed by atoms with van der Waals surface area (Å²) in [6, 6.07) is 13.0. The van der Waals surface area contributed by atoms with Gasteiger partial charge in [0.05, 0.1) is 20.1 Å². The van der Waals surface area contributed by atoms with Crippen LogP contribution in [0.2, 0.25) is 5.02 Å². The van der Waals surface area contributed by atoms with Crippen molar-refractivity contribution in [3.8, 4) is 0 Å². The summed E-state index contributed by atoms with van der Waals surface area (Å²) in [4.78, 5) is 22.0. The lowest BCUT2D eigenvalue weighted by atomic mass is 10.0. The molecule has 0 radical (unpaired) electrons. The van der Waals surface area contributed by atoms with E-state index < -0.39 is 14.6 Å². The largest absolute Gasteiger partial charge is 0.293 e. The Morgan fingerprint density at radius 1 is 1.09 bits per heavy atom. The minimum Gasteiger partial charge on any atom is -0.293 e. The second-order valence-corrected chi connectivity index (χ2v) is 6.84. The third kappa shape index (κ3) is 3.56. The number of carbonyl (C=O) groups excluding carboxylic acids is 1. The van der Waals surface area contributed by atoms with E-state index in [1.54, 1.807) is 24.3 Å². The van der Waals surface area contributed by atoms with Crippen molar-refractivity contribution in [2.75, 3.05) is 0 Å². The molecule has 0 fully saturated rings. The molecule has 2 aromatic carbocycles. The highest BCUT2D eigenvalue weighted by molar-refractivity contribution is 9.12. The first-order chi connectivity index (χ1) is 10.4. The number of rotatable bonds is 5. The standard InChI is InChI=1S/C15H10Br2ClNO3/c16-13(9-5-1-3-7-11(9)18)14(17)15(20)10-6-2-4-8-12(10)19(21)22/h1-8,13-14H. The first kappa shape index (κ1) is 17.1. The van der Waals surface area contributed by atoms with Crippen LogP contribution >= 0.6 is 43.5 Å². The monoisotopic (exact) mass is 445 g/mol. The predicted octanol–water partition coefficient (Wildman–Crippen LogP) is 5.33. The molecule has 0 bridgehead atoms. The minimum atomic E-state index is -0.687. The summed E-state index contributed by atoms with van der Waals surface area (Å²) >= 11 is 12.9. The molecule has 114 valence electrons. The molecular formula is C15H10Br2ClNO3. The number of benzene rings is 2. The van der Waals surface area contributed by atoms with Gasteiger partial charge in [-0.05, 0) is 17.7 Å². The first-order valence-electron chi connectivity index (χ1n) is 6.23. The van der Waals surface area contributed by atoms with Crippen molar-refractivity contribution in [2.24, 2.45) is 0 Å². The van der Waals surface area contributed by atoms with Crippen LogP contribution in [0.1, 0.15) is 20.7 Å². The molecule has 0 N–H and O–H groups in total. The van der Waals surface area contributed by atoms with Crippen molar-refractivity contribution in [2.45, 2.75) is 9.65 Å². The van der Waals surface area contributed by atoms with Gasteiger partial charge in [0.15, 0.2) is 5.78 Å². The van der Waals surface area contributed by atoms with Crippen LogP contribution in [0.25, 0.3) is 0 Å². The molecule has 4 nitrogen and oxygen atoms in total. The lowest BCUT2D eigenvalue weighted by Gasteiger charge is -2.17. The zero-order valence-corrected chi connectivity index (χ0v) is 15.0. The predicted molar refractivity (Wildman–Crippen MR) is 93.3 cm³/mol. The van der Waals surface area contributed by atoms with Gasteiger partial charge in [-0.15, -0.1) is 0 Å². The molecule has 0 aromatic heterocycles. The summed E-state index contributed by atoms with van der Waals surface area (Å²) in [5.74, 6) is -0.380. The summed E-state index contributed by atoms with van der Waals surface area (Å²) in [5.41, 5.74) is 0.583. The number of Topliss-reactive ketones (excluding diaryl/α,β-unsaturated/α-hetero) is 1. The van der Waals surface area contributed by atoms with Crippen LogP contribution < -0.4 is 0 Å². The van der Waals surface area contributed by atoms with Crippen molar-refractivity contribution in [3.05, 3.63) is 74.8 Å². The summed E-state index contributed by atoms with van der Waals surface area (Å²) in [5, 5.41) is 11.6. The topological polar surface area (TPSA) is 60.2 Å². The first-order valence-corrected chi connectivity index (χ1v) is 8.44. The maximum Gasteiger partial charge on any atom is 0.280 e. The van der Waals surface area contributed by atoms with Crippen molar-refractivity contribution < 1.29 is 9.72 Å². The Labute approximate surface area is 148 Å². The molecule has 0 aliphatic heterocycles. The number of nitro groups is 1. The van der Waals surface area contributed by atoms with Crippen LogP contribution in [0, 0.1) is 10.1 Å². The van der Waals surface area contributed by atoms with Crippen molar-refractivity contribution in [1.82, 2.24) is 0 Å². The van der Waals surface area contributed by atoms with Gasteiger partial charge in [-0.3, -0.25) is 14.9 Å². The Balaban J connectivity index is 2.34. The van der Waals surface area contributed by atoms with Crippen molar-refractivity contribution in [3.63, 3.8) is 0 Å². The van der Waals surface area contributed by atoms with Gasteiger partial charge in [-0.2, -0.15) is 0 Å². The number of para-hydroxylation sites is 1. The molecule has 0 spiro atoms. The number of nitro benzene ring substituents is 1. The number of halogens is 3. The normalized spacial score (nSPS) is 13.4. The maximum absolute atomic E-state index is 12.6. The van der Waals surface area contributed by atoms with Gasteiger partial charge < -0.3 is 0 Å². The van der Waals surface area contributed by atoms with Crippen LogP contribution in [0.15, 0.2) is 48.5 Å². The zero-order chi connectivity index (χ0) is 16.3. The number of hydrogen-bond acceptors (Lipinski definition) is 3. The van der Waals surface area contributed by atoms with E-state index in [9.17, 15) is 14.9 Å². The van der Waals surface area contributed by atoms with Gasteiger partial charge in [0.25, 0.3) is 5.69 Å². The van der Waals surface area contributed by atoms with Gasteiger partial charge in [0.1, 0.15) is 0 Å². The van der Waals surface area contributed by atoms with E-state index in [4.69, 9.17) is 11.6 Å². The lowest BCUT2D eigenvalue weighted by Crippen LogP contribution is -2.20. The van der Waals surface area contributed by atoms with Gasteiger partial charge in [0, 0.05) is 11.1 Å². The molecule has 0 aliphatic rings. The Kier molecular flexibility index (Phi) is 5.72. The summed E-state index contributed by atoms with van der Waals surface area (Å²) in [6.07, 6.45) is 0. The fourth-order valence-electron chi connectivity index (χ4n) is 1.98. The smallest absolute Gasteiger partial charge is 0.280 e. The lowest BCUT2D eigenvalue weighted by molar-refractivity contribution is -0.385. The molecule has 0 aliphatic carbocycles. The number of hydrogen-bond donors (Lipinski definition) is 0. The number of ketones is 1. The highest BCUT2D eigenvalue weighted by Crippen LogP contribution is 2.37. The Morgan fingerprint density at radius 3 is 2.32 bits per heavy atom. The third-order valence-corrected chi connectivity index (χ3v) is 6.10. The average molecular weight is 448 g/mol. The Bertz CT molecular complexity index is 723. The minimum absolute atomic E-state index is 0.0610. The summed E-state index contributed by atoms with van der Waals surface area (Å²) in [7, 11) is 0. The van der Waals surface area contributed by atoms with Gasteiger partial charge in [-0.25, -0.2) is 0 Å². The molecular weight excluding hydrogens is 437 g/mol. The second-order valence-electron chi connectivity index (χ2n) is 4.46. The van der Waals surface area contributed by atoms with Crippen molar-refractivity contribution in [1.29, 1.82) is 0 Å².